The zero-order valence-electron chi connectivity index (χ0n) is 7.90. The SMILES string of the molecule is Cc1nnc(Oc2ccc(N)c(F)c2)s1. The van der Waals surface area contributed by atoms with E-state index >= 15 is 0 Å². The van der Waals surface area contributed by atoms with Crippen LogP contribution in [-0.4, -0.2) is 10.2 Å². The maximum absolute atomic E-state index is 13.0. The molecule has 0 aliphatic heterocycles. The Morgan fingerprint density at radius 2 is 2.20 bits per heavy atom. The Morgan fingerprint density at radius 1 is 1.40 bits per heavy atom. The Bertz CT molecular complexity index is 486. The molecule has 0 bridgehead atoms. The van der Waals surface area contributed by atoms with Gasteiger partial charge in [0.05, 0.1) is 5.69 Å². The summed E-state index contributed by atoms with van der Waals surface area (Å²) in [4.78, 5) is 0. The molecule has 2 N–H and O–H groups in total. The first-order valence-corrected chi connectivity index (χ1v) is 5.00. The first-order chi connectivity index (χ1) is 7.15. The largest absolute Gasteiger partial charge is 0.430 e. The monoisotopic (exact) mass is 225 g/mol. The number of nitrogens with two attached hydrogens (primary N) is 1. The molecule has 0 amide bonds. The van der Waals surface area contributed by atoms with Crippen LogP contribution in [0.1, 0.15) is 5.01 Å². The number of aromatic nitrogens is 2. The van der Waals surface area contributed by atoms with Crippen LogP contribution in [0, 0.1) is 12.7 Å². The van der Waals surface area contributed by atoms with Crippen molar-refractivity contribution < 1.29 is 9.13 Å². The second-order valence-electron chi connectivity index (χ2n) is 2.87. The van der Waals surface area contributed by atoms with Crippen LogP contribution in [0.25, 0.3) is 0 Å². The number of rotatable bonds is 2. The van der Waals surface area contributed by atoms with E-state index in [1.54, 1.807) is 6.07 Å². The zero-order chi connectivity index (χ0) is 10.8. The van der Waals surface area contributed by atoms with Gasteiger partial charge in [0.25, 0.3) is 5.19 Å². The van der Waals surface area contributed by atoms with Crippen molar-refractivity contribution in [3.63, 3.8) is 0 Å². The highest BCUT2D eigenvalue weighted by atomic mass is 32.1. The third kappa shape index (κ3) is 2.21. The fraction of sp³-hybridized carbons (Fsp3) is 0.111. The smallest absolute Gasteiger partial charge is 0.299 e. The molecule has 0 unspecified atom stereocenters. The molecular formula is C9H8FN3OS. The van der Waals surface area contributed by atoms with Gasteiger partial charge in [0.15, 0.2) is 0 Å². The molecule has 0 radical (unpaired) electrons. The molecule has 0 spiro atoms. The number of aryl methyl sites for hydroxylation is 1. The van der Waals surface area contributed by atoms with Gasteiger partial charge in [-0.25, -0.2) is 4.39 Å². The van der Waals surface area contributed by atoms with Gasteiger partial charge in [-0.05, 0) is 19.1 Å². The lowest BCUT2D eigenvalue weighted by molar-refractivity contribution is 0.468. The summed E-state index contributed by atoms with van der Waals surface area (Å²) in [5.74, 6) is -0.147. The Morgan fingerprint density at radius 3 is 2.80 bits per heavy atom. The van der Waals surface area contributed by atoms with E-state index in [1.807, 2.05) is 6.92 Å². The average molecular weight is 225 g/mol. The van der Waals surface area contributed by atoms with Gasteiger partial charge in [0, 0.05) is 6.07 Å². The van der Waals surface area contributed by atoms with E-state index in [1.165, 1.54) is 23.5 Å². The van der Waals surface area contributed by atoms with Crippen molar-refractivity contribution in [2.45, 2.75) is 6.92 Å². The summed E-state index contributed by atoms with van der Waals surface area (Å²) in [7, 11) is 0. The number of ether oxygens (including phenoxy) is 1. The van der Waals surface area contributed by atoms with Crippen molar-refractivity contribution in [2.24, 2.45) is 0 Å². The van der Waals surface area contributed by atoms with Gasteiger partial charge in [-0.1, -0.05) is 16.4 Å². The van der Waals surface area contributed by atoms with Crippen LogP contribution in [0.5, 0.6) is 10.9 Å². The topological polar surface area (TPSA) is 61.0 Å². The van der Waals surface area contributed by atoms with Crippen LogP contribution >= 0.6 is 11.3 Å². The Labute approximate surface area is 89.5 Å². The molecule has 6 heteroatoms. The van der Waals surface area contributed by atoms with Crippen molar-refractivity contribution in [2.75, 3.05) is 5.73 Å². The fourth-order valence-electron chi connectivity index (χ4n) is 0.992. The van der Waals surface area contributed by atoms with Crippen LogP contribution in [0.3, 0.4) is 0 Å². The minimum atomic E-state index is -0.506. The van der Waals surface area contributed by atoms with Crippen molar-refractivity contribution in [1.29, 1.82) is 0 Å². The number of hydrogen-bond acceptors (Lipinski definition) is 5. The first kappa shape index (κ1) is 9.85. The van der Waals surface area contributed by atoms with Crippen molar-refractivity contribution >= 4 is 17.0 Å². The van der Waals surface area contributed by atoms with Gasteiger partial charge in [0.2, 0.25) is 0 Å². The van der Waals surface area contributed by atoms with Gasteiger partial charge in [0.1, 0.15) is 16.6 Å². The highest BCUT2D eigenvalue weighted by molar-refractivity contribution is 7.13. The molecule has 0 saturated carbocycles. The highest BCUT2D eigenvalue weighted by Gasteiger charge is 2.05. The van der Waals surface area contributed by atoms with Crippen molar-refractivity contribution in [3.05, 3.63) is 29.0 Å². The molecule has 15 heavy (non-hydrogen) atoms. The third-order valence-electron chi connectivity index (χ3n) is 1.68. The summed E-state index contributed by atoms with van der Waals surface area (Å²) in [5, 5.41) is 8.71. The van der Waals surface area contributed by atoms with E-state index in [2.05, 4.69) is 10.2 Å². The number of hydrogen-bond donors (Lipinski definition) is 1. The Balaban J connectivity index is 2.21. The predicted molar refractivity (Wildman–Crippen MR) is 55.5 cm³/mol. The Hall–Kier alpha value is -1.69. The molecule has 0 saturated heterocycles. The molecule has 0 aliphatic rings. The van der Waals surface area contributed by atoms with E-state index < -0.39 is 5.82 Å². The summed E-state index contributed by atoms with van der Waals surface area (Å²) < 4.78 is 18.3. The van der Waals surface area contributed by atoms with Gasteiger partial charge in [-0.2, -0.15) is 0 Å². The zero-order valence-corrected chi connectivity index (χ0v) is 8.71. The summed E-state index contributed by atoms with van der Waals surface area (Å²) in [6, 6.07) is 4.24. The molecule has 0 atom stereocenters. The van der Waals surface area contributed by atoms with E-state index in [0.717, 1.165) is 5.01 Å². The summed E-state index contributed by atoms with van der Waals surface area (Å²) in [6.07, 6.45) is 0. The average Bonchev–Trinajstić information content (AvgIpc) is 2.58. The lowest BCUT2D eigenvalue weighted by Crippen LogP contribution is -1.91. The maximum atomic E-state index is 13.0. The lowest BCUT2D eigenvalue weighted by Gasteiger charge is -2.01. The molecule has 0 fully saturated rings. The molecular weight excluding hydrogens is 217 g/mol. The van der Waals surface area contributed by atoms with E-state index in [4.69, 9.17) is 10.5 Å². The van der Waals surface area contributed by atoms with E-state index in [0.29, 0.717) is 10.9 Å². The number of nitrogens with zero attached hydrogens (tertiary/aromatic N) is 2. The van der Waals surface area contributed by atoms with Gasteiger partial charge >= 0.3 is 0 Å². The number of benzene rings is 1. The van der Waals surface area contributed by atoms with Crippen molar-refractivity contribution in [3.8, 4) is 10.9 Å². The molecule has 78 valence electrons. The fourth-order valence-corrected chi connectivity index (χ4v) is 1.55. The first-order valence-electron chi connectivity index (χ1n) is 4.18. The second-order valence-corrected chi connectivity index (χ2v) is 4.02. The second kappa shape index (κ2) is 3.82. The molecule has 4 nitrogen and oxygen atoms in total. The van der Waals surface area contributed by atoms with Gasteiger partial charge < -0.3 is 10.5 Å². The quantitative estimate of drug-likeness (QED) is 0.797. The van der Waals surface area contributed by atoms with Gasteiger partial charge in [-0.3, -0.25) is 0 Å². The van der Waals surface area contributed by atoms with Crippen LogP contribution in [0.2, 0.25) is 0 Å². The summed E-state index contributed by atoms with van der Waals surface area (Å²) in [5.41, 5.74) is 5.42. The third-order valence-corrected chi connectivity index (χ3v) is 2.40. The minimum absolute atomic E-state index is 0.0933. The Kier molecular flexibility index (Phi) is 2.51. The maximum Gasteiger partial charge on any atom is 0.299 e. The van der Waals surface area contributed by atoms with Crippen LogP contribution in [0.15, 0.2) is 18.2 Å². The van der Waals surface area contributed by atoms with Crippen LogP contribution in [-0.2, 0) is 0 Å². The normalized spacial score (nSPS) is 10.3. The van der Waals surface area contributed by atoms with E-state index in [9.17, 15) is 4.39 Å². The van der Waals surface area contributed by atoms with Gasteiger partial charge in [-0.15, -0.1) is 5.10 Å². The van der Waals surface area contributed by atoms with E-state index in [-0.39, 0.29) is 5.69 Å². The summed E-state index contributed by atoms with van der Waals surface area (Å²) in [6.45, 7) is 1.81. The highest BCUT2D eigenvalue weighted by Crippen LogP contribution is 2.26. The molecule has 2 aromatic rings. The van der Waals surface area contributed by atoms with Crippen LogP contribution in [0.4, 0.5) is 10.1 Å². The van der Waals surface area contributed by atoms with Crippen LogP contribution < -0.4 is 10.5 Å². The predicted octanol–water partition coefficient (Wildman–Crippen LogP) is 2.36. The molecule has 1 heterocycles. The number of nitrogen functional groups attached to an aromatic ring is 1. The molecule has 1 aromatic carbocycles. The number of anilines is 1. The molecule has 0 aliphatic carbocycles. The standard InChI is InChI=1S/C9H8FN3OS/c1-5-12-13-9(15-5)14-6-2-3-8(11)7(10)4-6/h2-4H,11H2,1H3. The minimum Gasteiger partial charge on any atom is -0.430 e. The lowest BCUT2D eigenvalue weighted by atomic mass is 10.3. The van der Waals surface area contributed by atoms with Crippen molar-refractivity contribution in [1.82, 2.24) is 10.2 Å². The molecule has 1 aromatic heterocycles. The molecule has 2 rings (SSSR count). The number of halogens is 1. The summed E-state index contributed by atoms with van der Waals surface area (Å²) >= 11 is 1.29.